The second kappa shape index (κ2) is 3.74. The third-order valence-electron chi connectivity index (χ3n) is 1.45. The van der Waals surface area contributed by atoms with Gasteiger partial charge in [-0.3, -0.25) is 0 Å². The summed E-state index contributed by atoms with van der Waals surface area (Å²) in [6.45, 7) is 0. The topological polar surface area (TPSA) is 35.2 Å². The Morgan fingerprint density at radius 3 is 2.75 bits per heavy atom. The lowest BCUT2D eigenvalue weighted by Crippen LogP contribution is -2.10. The minimum atomic E-state index is 0.277. The Bertz CT molecular complexity index is 314. The predicted octanol–water partition coefficient (Wildman–Crippen LogP) is 1.98. The molecule has 2 nitrogen and oxygen atoms in total. The average molecular weight is 202 g/mol. The van der Waals surface area contributed by atoms with Crippen molar-refractivity contribution in [2.75, 3.05) is 7.11 Å². The molecule has 0 saturated carbocycles. The number of thiocarbonyl (C=S) groups is 1. The van der Waals surface area contributed by atoms with Gasteiger partial charge in [-0.1, -0.05) is 36.0 Å². The van der Waals surface area contributed by atoms with E-state index < -0.39 is 0 Å². The fourth-order valence-electron chi connectivity index (χ4n) is 0.859. The van der Waals surface area contributed by atoms with Crippen LogP contribution >= 0.6 is 23.8 Å². The Labute approximate surface area is 81.3 Å². The molecule has 0 heterocycles. The van der Waals surface area contributed by atoms with Gasteiger partial charge in [-0.25, -0.2) is 0 Å². The molecule has 0 bridgehead atoms. The molecule has 1 aromatic rings. The largest absolute Gasteiger partial charge is 0.495 e. The molecule has 1 rings (SSSR count). The van der Waals surface area contributed by atoms with E-state index in [-0.39, 0.29) is 4.99 Å². The van der Waals surface area contributed by atoms with E-state index in [1.165, 1.54) is 0 Å². The molecule has 4 heteroatoms. The highest BCUT2D eigenvalue weighted by Crippen LogP contribution is 2.27. The Morgan fingerprint density at radius 2 is 2.25 bits per heavy atom. The number of nitrogens with two attached hydrogens (primary N) is 1. The molecule has 0 aromatic heterocycles. The molecule has 0 amide bonds. The van der Waals surface area contributed by atoms with E-state index in [1.54, 1.807) is 25.3 Å². The first-order valence-corrected chi connectivity index (χ1v) is 4.07. The van der Waals surface area contributed by atoms with Gasteiger partial charge in [-0.05, 0) is 6.07 Å². The predicted molar refractivity (Wildman–Crippen MR) is 53.9 cm³/mol. The summed E-state index contributed by atoms with van der Waals surface area (Å²) < 4.78 is 4.99. The number of benzene rings is 1. The van der Waals surface area contributed by atoms with Gasteiger partial charge in [-0.15, -0.1) is 0 Å². The van der Waals surface area contributed by atoms with Crippen LogP contribution in [0.2, 0.25) is 5.02 Å². The summed E-state index contributed by atoms with van der Waals surface area (Å²) in [6, 6.07) is 5.30. The normalized spacial score (nSPS) is 9.50. The van der Waals surface area contributed by atoms with Crippen LogP contribution < -0.4 is 10.5 Å². The van der Waals surface area contributed by atoms with Crippen LogP contribution in [0.15, 0.2) is 18.2 Å². The molecule has 12 heavy (non-hydrogen) atoms. The number of hydrogen-bond acceptors (Lipinski definition) is 2. The molecule has 0 atom stereocenters. The van der Waals surface area contributed by atoms with Crippen molar-refractivity contribution >= 4 is 28.8 Å². The van der Waals surface area contributed by atoms with Gasteiger partial charge in [0.15, 0.2) is 0 Å². The first-order valence-electron chi connectivity index (χ1n) is 3.29. The summed E-state index contributed by atoms with van der Waals surface area (Å²) in [7, 11) is 1.55. The Balaban J connectivity index is 3.23. The van der Waals surface area contributed by atoms with Crippen molar-refractivity contribution in [2.24, 2.45) is 5.73 Å². The number of methoxy groups -OCH3 is 1. The zero-order valence-electron chi connectivity index (χ0n) is 6.50. The zero-order chi connectivity index (χ0) is 9.14. The number of halogens is 1. The molecule has 1 aromatic carbocycles. The summed E-state index contributed by atoms with van der Waals surface area (Å²) in [5.74, 6) is 0.585. The number of hydrogen-bond donors (Lipinski definition) is 1. The fraction of sp³-hybridized carbons (Fsp3) is 0.125. The first kappa shape index (κ1) is 9.29. The van der Waals surface area contributed by atoms with E-state index >= 15 is 0 Å². The van der Waals surface area contributed by atoms with E-state index in [0.29, 0.717) is 16.3 Å². The van der Waals surface area contributed by atoms with Crippen molar-refractivity contribution in [1.82, 2.24) is 0 Å². The van der Waals surface area contributed by atoms with Crippen molar-refractivity contribution < 1.29 is 4.74 Å². The molecular weight excluding hydrogens is 194 g/mol. The molecule has 0 unspecified atom stereocenters. The minimum absolute atomic E-state index is 0.277. The van der Waals surface area contributed by atoms with Crippen molar-refractivity contribution in [1.29, 1.82) is 0 Å². The Morgan fingerprint density at radius 1 is 1.58 bits per heavy atom. The zero-order valence-corrected chi connectivity index (χ0v) is 8.08. The van der Waals surface area contributed by atoms with Gasteiger partial charge < -0.3 is 10.5 Å². The van der Waals surface area contributed by atoms with Gasteiger partial charge in [0.1, 0.15) is 10.7 Å². The third kappa shape index (κ3) is 1.68. The maximum absolute atomic E-state index is 5.91. The number of ether oxygens (including phenoxy) is 1. The molecule has 0 saturated heterocycles. The molecule has 2 N–H and O–H groups in total. The van der Waals surface area contributed by atoms with Crippen LogP contribution in [0.25, 0.3) is 0 Å². The lowest BCUT2D eigenvalue weighted by Gasteiger charge is -2.06. The van der Waals surface area contributed by atoms with Crippen LogP contribution in [-0.4, -0.2) is 12.1 Å². The average Bonchev–Trinajstić information content (AvgIpc) is 2.04. The van der Waals surface area contributed by atoms with Crippen LogP contribution in [0.5, 0.6) is 5.75 Å². The molecule has 0 radical (unpaired) electrons. The fourth-order valence-corrected chi connectivity index (χ4v) is 1.39. The summed E-state index contributed by atoms with van der Waals surface area (Å²) in [5.41, 5.74) is 6.07. The van der Waals surface area contributed by atoms with Gasteiger partial charge in [0.2, 0.25) is 0 Å². The molecule has 0 aliphatic rings. The van der Waals surface area contributed by atoms with E-state index in [2.05, 4.69) is 0 Å². The van der Waals surface area contributed by atoms with Gasteiger partial charge in [0.25, 0.3) is 0 Å². The molecular formula is C8H8ClNOS. The third-order valence-corrected chi connectivity index (χ3v) is 2.06. The van der Waals surface area contributed by atoms with E-state index in [4.69, 9.17) is 34.3 Å². The highest BCUT2D eigenvalue weighted by molar-refractivity contribution is 7.80. The molecule has 0 aliphatic heterocycles. The molecule has 0 spiro atoms. The summed E-state index contributed by atoms with van der Waals surface area (Å²) in [6.07, 6.45) is 0. The van der Waals surface area contributed by atoms with Crippen molar-refractivity contribution in [3.63, 3.8) is 0 Å². The SMILES string of the molecule is COc1cccc(C(N)=S)c1Cl. The van der Waals surface area contributed by atoms with E-state index in [9.17, 15) is 0 Å². The smallest absolute Gasteiger partial charge is 0.138 e. The van der Waals surface area contributed by atoms with Crippen LogP contribution in [0.3, 0.4) is 0 Å². The summed E-state index contributed by atoms with van der Waals surface area (Å²) >= 11 is 10.7. The summed E-state index contributed by atoms with van der Waals surface area (Å²) in [4.78, 5) is 0.277. The highest BCUT2D eigenvalue weighted by Gasteiger charge is 2.07. The maximum atomic E-state index is 5.91. The van der Waals surface area contributed by atoms with Crippen molar-refractivity contribution in [3.05, 3.63) is 28.8 Å². The maximum Gasteiger partial charge on any atom is 0.138 e. The second-order valence-corrected chi connectivity index (χ2v) is 3.00. The van der Waals surface area contributed by atoms with Gasteiger partial charge in [-0.2, -0.15) is 0 Å². The monoisotopic (exact) mass is 201 g/mol. The lowest BCUT2D eigenvalue weighted by molar-refractivity contribution is 0.415. The van der Waals surface area contributed by atoms with Gasteiger partial charge in [0.05, 0.1) is 12.1 Å². The van der Waals surface area contributed by atoms with Crippen LogP contribution in [0.4, 0.5) is 0 Å². The Kier molecular flexibility index (Phi) is 2.89. The van der Waals surface area contributed by atoms with Crippen LogP contribution in [0.1, 0.15) is 5.56 Å². The van der Waals surface area contributed by atoms with E-state index in [1.807, 2.05) is 0 Å². The van der Waals surface area contributed by atoms with E-state index in [0.717, 1.165) is 0 Å². The Hall–Kier alpha value is -0.800. The molecule has 0 aliphatic carbocycles. The van der Waals surface area contributed by atoms with Crippen molar-refractivity contribution in [3.8, 4) is 5.75 Å². The standard InChI is InChI=1S/C8H8ClNOS/c1-11-6-4-2-3-5(7(6)9)8(10)12/h2-4H,1H3,(H2,10,12). The molecule has 64 valence electrons. The van der Waals surface area contributed by atoms with Gasteiger partial charge in [0, 0.05) is 5.56 Å². The van der Waals surface area contributed by atoms with Crippen molar-refractivity contribution in [2.45, 2.75) is 0 Å². The van der Waals surface area contributed by atoms with Crippen LogP contribution in [0, 0.1) is 0 Å². The highest BCUT2D eigenvalue weighted by atomic mass is 35.5. The van der Waals surface area contributed by atoms with Gasteiger partial charge >= 0.3 is 0 Å². The summed E-state index contributed by atoms with van der Waals surface area (Å²) in [5, 5.41) is 0.465. The van der Waals surface area contributed by atoms with Crippen LogP contribution in [-0.2, 0) is 0 Å². The first-order chi connectivity index (χ1) is 5.66. The minimum Gasteiger partial charge on any atom is -0.495 e. The lowest BCUT2D eigenvalue weighted by atomic mass is 10.2. The molecule has 0 fully saturated rings. The second-order valence-electron chi connectivity index (χ2n) is 2.19. The quantitative estimate of drug-likeness (QED) is 0.744. The number of rotatable bonds is 2.